The van der Waals surface area contributed by atoms with Crippen LogP contribution < -0.4 is 4.74 Å². The summed E-state index contributed by atoms with van der Waals surface area (Å²) in [4.78, 5) is 12.4. The molecule has 2 aromatic carbocycles. The fourth-order valence-corrected chi connectivity index (χ4v) is 2.08. The number of unbranched alkanes of at least 4 members (excludes halogenated alkanes) is 1. The van der Waals surface area contributed by atoms with Gasteiger partial charge in [-0.05, 0) is 30.7 Å². The van der Waals surface area contributed by atoms with E-state index in [4.69, 9.17) is 4.74 Å². The summed E-state index contributed by atoms with van der Waals surface area (Å²) in [6.07, 6.45) is 1.66. The van der Waals surface area contributed by atoms with Gasteiger partial charge in [0, 0.05) is 0 Å². The van der Waals surface area contributed by atoms with Crippen molar-refractivity contribution in [1.29, 1.82) is 0 Å². The Kier molecular flexibility index (Phi) is 5.03. The number of ether oxygens (including phenoxy) is 1. The van der Waals surface area contributed by atoms with Gasteiger partial charge in [-0.15, -0.1) is 0 Å². The van der Waals surface area contributed by atoms with E-state index in [1.54, 1.807) is 0 Å². The number of carbonyl (C=O) groups excluding carboxylic acids is 1. The zero-order valence-corrected chi connectivity index (χ0v) is 13.0. The Hall–Kier alpha value is -3.09. The average Bonchev–Trinajstić information content (AvgIpc) is 2.56. The summed E-state index contributed by atoms with van der Waals surface area (Å²) in [6.45, 7) is 2.32. The molecule has 2 rings (SSSR count). The first kappa shape index (κ1) is 17.3. The third kappa shape index (κ3) is 3.15. The smallest absolute Gasteiger partial charge is 0.201 e. The van der Waals surface area contributed by atoms with Crippen LogP contribution in [0, 0.1) is 0 Å². The first-order valence-electron chi connectivity index (χ1n) is 7.34. The van der Waals surface area contributed by atoms with Crippen molar-refractivity contribution >= 4 is 5.78 Å². The molecular weight excluding hydrogens is 316 g/mol. The molecule has 0 radical (unpaired) electrons. The first-order valence-corrected chi connectivity index (χ1v) is 7.34. The van der Waals surface area contributed by atoms with E-state index in [9.17, 15) is 30.3 Å². The molecule has 0 heterocycles. The van der Waals surface area contributed by atoms with E-state index in [2.05, 4.69) is 0 Å². The predicted octanol–water partition coefficient (Wildman–Crippen LogP) is 2.62. The van der Waals surface area contributed by atoms with Crippen LogP contribution in [-0.4, -0.2) is 37.9 Å². The van der Waals surface area contributed by atoms with Crippen LogP contribution in [0.5, 0.6) is 34.5 Å². The molecule has 0 saturated carbocycles. The fraction of sp³-hybridized carbons (Fsp3) is 0.235. The third-order valence-electron chi connectivity index (χ3n) is 3.49. The maximum absolute atomic E-state index is 12.4. The largest absolute Gasteiger partial charge is 0.504 e. The lowest BCUT2D eigenvalue weighted by Gasteiger charge is -2.12. The Labute approximate surface area is 138 Å². The second kappa shape index (κ2) is 6.99. The van der Waals surface area contributed by atoms with Crippen LogP contribution in [0.2, 0.25) is 0 Å². The lowest BCUT2D eigenvalue weighted by atomic mass is 10.00. The Bertz CT molecular complexity index is 768. The molecule has 0 aliphatic rings. The summed E-state index contributed by atoms with van der Waals surface area (Å²) in [7, 11) is 0. The molecule has 0 atom stereocenters. The highest BCUT2D eigenvalue weighted by Crippen LogP contribution is 2.42. The van der Waals surface area contributed by atoms with Gasteiger partial charge in [0.1, 0.15) is 0 Å². The molecule has 2 aromatic rings. The molecule has 24 heavy (non-hydrogen) atoms. The summed E-state index contributed by atoms with van der Waals surface area (Å²) in [5.41, 5.74) is -0.615. The zero-order chi connectivity index (χ0) is 17.9. The molecule has 0 amide bonds. The normalized spacial score (nSPS) is 10.5. The van der Waals surface area contributed by atoms with Crippen LogP contribution in [0.1, 0.15) is 35.7 Å². The lowest BCUT2D eigenvalue weighted by molar-refractivity contribution is 0.103. The number of hydrogen-bond donors (Lipinski definition) is 5. The van der Waals surface area contributed by atoms with Gasteiger partial charge in [-0.3, -0.25) is 4.79 Å². The van der Waals surface area contributed by atoms with Gasteiger partial charge < -0.3 is 30.3 Å². The second-order valence-electron chi connectivity index (χ2n) is 5.17. The minimum Gasteiger partial charge on any atom is -0.504 e. The third-order valence-corrected chi connectivity index (χ3v) is 3.49. The SMILES string of the molecule is CCCCOc1ccc(C(=O)c2ccc(O)c(O)c2O)c(O)c1O. The van der Waals surface area contributed by atoms with Gasteiger partial charge in [-0.2, -0.15) is 0 Å². The lowest BCUT2D eigenvalue weighted by Crippen LogP contribution is -2.04. The number of ketones is 1. The molecular formula is C17H18O7. The monoisotopic (exact) mass is 334 g/mol. The first-order chi connectivity index (χ1) is 11.4. The van der Waals surface area contributed by atoms with Crippen molar-refractivity contribution in [2.75, 3.05) is 6.61 Å². The second-order valence-corrected chi connectivity index (χ2v) is 5.17. The number of benzene rings is 2. The minimum atomic E-state index is -0.843. The summed E-state index contributed by atoms with van der Waals surface area (Å²) in [5, 5.41) is 48.5. The van der Waals surface area contributed by atoms with E-state index in [-0.39, 0.29) is 16.9 Å². The minimum absolute atomic E-state index is 0.0373. The molecule has 0 aliphatic heterocycles. The van der Waals surface area contributed by atoms with Crippen molar-refractivity contribution in [1.82, 2.24) is 0 Å². The van der Waals surface area contributed by atoms with Crippen LogP contribution in [0.3, 0.4) is 0 Å². The van der Waals surface area contributed by atoms with Gasteiger partial charge in [-0.1, -0.05) is 13.3 Å². The molecule has 7 nitrogen and oxygen atoms in total. The molecule has 0 aliphatic carbocycles. The number of phenols is 5. The molecule has 0 fully saturated rings. The van der Waals surface area contributed by atoms with Crippen molar-refractivity contribution in [2.24, 2.45) is 0 Å². The van der Waals surface area contributed by atoms with Gasteiger partial charge in [0.15, 0.2) is 23.0 Å². The number of rotatable bonds is 6. The van der Waals surface area contributed by atoms with Gasteiger partial charge in [0.2, 0.25) is 17.3 Å². The van der Waals surface area contributed by atoms with Crippen LogP contribution in [-0.2, 0) is 0 Å². The average molecular weight is 334 g/mol. The molecule has 0 saturated heterocycles. The van der Waals surface area contributed by atoms with E-state index in [0.717, 1.165) is 25.0 Å². The molecule has 0 unspecified atom stereocenters. The van der Waals surface area contributed by atoms with Gasteiger partial charge >= 0.3 is 0 Å². The fourth-order valence-electron chi connectivity index (χ4n) is 2.08. The Morgan fingerprint density at radius 3 is 2.08 bits per heavy atom. The van der Waals surface area contributed by atoms with Crippen molar-refractivity contribution in [3.8, 4) is 34.5 Å². The van der Waals surface area contributed by atoms with Crippen LogP contribution >= 0.6 is 0 Å². The van der Waals surface area contributed by atoms with Gasteiger partial charge in [0.05, 0.1) is 17.7 Å². The molecule has 0 bridgehead atoms. The Morgan fingerprint density at radius 1 is 0.875 bits per heavy atom. The zero-order valence-electron chi connectivity index (χ0n) is 13.0. The summed E-state index contributed by atoms with van der Waals surface area (Å²) in [6, 6.07) is 4.69. The number of phenolic OH excluding ortho intramolecular Hbond substituents is 5. The number of aromatic hydroxyl groups is 5. The highest BCUT2D eigenvalue weighted by molar-refractivity contribution is 6.13. The van der Waals surface area contributed by atoms with Gasteiger partial charge in [-0.25, -0.2) is 0 Å². The van der Waals surface area contributed by atoms with E-state index >= 15 is 0 Å². The van der Waals surface area contributed by atoms with E-state index < -0.39 is 34.5 Å². The molecule has 0 aromatic heterocycles. The van der Waals surface area contributed by atoms with Crippen LogP contribution in [0.4, 0.5) is 0 Å². The predicted molar refractivity (Wildman–Crippen MR) is 85.0 cm³/mol. The maximum atomic E-state index is 12.4. The standard InChI is InChI=1S/C17H18O7/c1-2-3-8-24-12-7-5-10(15(21)17(12)23)13(19)9-4-6-11(18)16(22)14(9)20/h4-7,18,20-23H,2-3,8H2,1H3. The van der Waals surface area contributed by atoms with E-state index in [1.165, 1.54) is 12.1 Å². The van der Waals surface area contributed by atoms with Crippen LogP contribution in [0.25, 0.3) is 0 Å². The number of carbonyl (C=O) groups is 1. The summed E-state index contributed by atoms with van der Waals surface area (Å²) in [5.74, 6) is -4.33. The maximum Gasteiger partial charge on any atom is 0.201 e. The highest BCUT2D eigenvalue weighted by atomic mass is 16.5. The Balaban J connectivity index is 2.37. The quantitative estimate of drug-likeness (QED) is 0.312. The molecule has 0 spiro atoms. The molecule has 128 valence electrons. The Morgan fingerprint density at radius 2 is 1.46 bits per heavy atom. The topological polar surface area (TPSA) is 127 Å². The van der Waals surface area contributed by atoms with Crippen molar-refractivity contribution in [3.05, 3.63) is 35.4 Å². The summed E-state index contributed by atoms with van der Waals surface area (Å²) >= 11 is 0. The van der Waals surface area contributed by atoms with E-state index in [1.807, 2.05) is 6.92 Å². The summed E-state index contributed by atoms with van der Waals surface area (Å²) < 4.78 is 5.31. The van der Waals surface area contributed by atoms with Crippen LogP contribution in [0.15, 0.2) is 24.3 Å². The van der Waals surface area contributed by atoms with Crippen molar-refractivity contribution in [3.63, 3.8) is 0 Å². The number of hydrogen-bond acceptors (Lipinski definition) is 7. The molecule has 7 heteroatoms. The molecule has 5 N–H and O–H groups in total. The van der Waals surface area contributed by atoms with Crippen molar-refractivity contribution in [2.45, 2.75) is 19.8 Å². The van der Waals surface area contributed by atoms with Gasteiger partial charge in [0.25, 0.3) is 0 Å². The highest BCUT2D eigenvalue weighted by Gasteiger charge is 2.23. The van der Waals surface area contributed by atoms with E-state index in [0.29, 0.717) is 6.61 Å². The van der Waals surface area contributed by atoms with Crippen molar-refractivity contribution < 1.29 is 35.1 Å².